The Kier molecular flexibility index (Phi) is 4.77. The number of aromatic nitrogens is 3. The van der Waals surface area contributed by atoms with Crippen LogP contribution in [0.15, 0.2) is 16.5 Å². The number of hydrogen-bond acceptors (Lipinski definition) is 5. The number of hydrogen-bond donors (Lipinski definition) is 1. The molecule has 20 heavy (non-hydrogen) atoms. The predicted octanol–water partition coefficient (Wildman–Crippen LogP) is 2.93. The van der Waals surface area contributed by atoms with Crippen molar-refractivity contribution in [3.63, 3.8) is 0 Å². The van der Waals surface area contributed by atoms with Gasteiger partial charge in [0.25, 0.3) is 5.56 Å². The van der Waals surface area contributed by atoms with Crippen LogP contribution < -0.4 is 10.9 Å². The molecule has 2 rings (SSSR count). The van der Waals surface area contributed by atoms with Gasteiger partial charge in [0.05, 0.1) is 29.6 Å². The Balaban J connectivity index is 2.15. The fraction of sp³-hybridized carbons (Fsp3) is 0.462. The molecule has 0 spiro atoms. The standard InChI is InChI=1S/C13H17ClN4OS/c1-8(2)6-18-13(19)12(14)10(4-17-18)15-5-11-9(3)16-7-20-11/h4,7-8,15H,5-6H2,1-3H3. The molecule has 0 aliphatic carbocycles. The second-order valence-electron chi connectivity index (χ2n) is 4.97. The quantitative estimate of drug-likeness (QED) is 0.922. The van der Waals surface area contributed by atoms with Crippen LogP contribution in [0, 0.1) is 12.8 Å². The zero-order chi connectivity index (χ0) is 14.7. The van der Waals surface area contributed by atoms with Gasteiger partial charge in [-0.25, -0.2) is 9.67 Å². The van der Waals surface area contributed by atoms with Gasteiger partial charge in [0, 0.05) is 11.4 Å². The van der Waals surface area contributed by atoms with Gasteiger partial charge in [-0.15, -0.1) is 11.3 Å². The highest BCUT2D eigenvalue weighted by molar-refractivity contribution is 7.09. The van der Waals surface area contributed by atoms with Crippen molar-refractivity contribution in [1.82, 2.24) is 14.8 Å². The SMILES string of the molecule is Cc1ncsc1CNc1cnn(CC(C)C)c(=O)c1Cl. The minimum Gasteiger partial charge on any atom is -0.377 e. The van der Waals surface area contributed by atoms with Crippen LogP contribution in [0.5, 0.6) is 0 Å². The maximum absolute atomic E-state index is 12.1. The lowest BCUT2D eigenvalue weighted by atomic mass is 10.2. The average molecular weight is 313 g/mol. The predicted molar refractivity (Wildman–Crippen MR) is 82.5 cm³/mol. The van der Waals surface area contributed by atoms with Crippen LogP contribution in [0.1, 0.15) is 24.4 Å². The second kappa shape index (κ2) is 6.37. The van der Waals surface area contributed by atoms with Crippen LogP contribution >= 0.6 is 22.9 Å². The van der Waals surface area contributed by atoms with Crippen LogP contribution in [-0.4, -0.2) is 14.8 Å². The molecule has 0 amide bonds. The molecule has 0 saturated carbocycles. The third kappa shape index (κ3) is 3.37. The van der Waals surface area contributed by atoms with E-state index >= 15 is 0 Å². The summed E-state index contributed by atoms with van der Waals surface area (Å²) in [6, 6.07) is 0. The van der Waals surface area contributed by atoms with E-state index in [1.54, 1.807) is 23.0 Å². The van der Waals surface area contributed by atoms with E-state index in [2.05, 4.69) is 15.4 Å². The summed E-state index contributed by atoms with van der Waals surface area (Å²) in [5.74, 6) is 0.343. The molecule has 0 bridgehead atoms. The van der Waals surface area contributed by atoms with E-state index in [0.717, 1.165) is 10.6 Å². The summed E-state index contributed by atoms with van der Waals surface area (Å²) in [5, 5.41) is 7.47. The van der Waals surface area contributed by atoms with Crippen molar-refractivity contribution in [3.05, 3.63) is 37.7 Å². The first-order chi connectivity index (χ1) is 9.49. The first-order valence-corrected chi connectivity index (χ1v) is 7.63. The fourth-order valence-electron chi connectivity index (χ4n) is 1.74. The zero-order valence-corrected chi connectivity index (χ0v) is 13.3. The first-order valence-electron chi connectivity index (χ1n) is 6.37. The molecule has 0 aliphatic heterocycles. The van der Waals surface area contributed by atoms with Gasteiger partial charge in [-0.05, 0) is 12.8 Å². The Labute approximate surface area is 126 Å². The molecule has 0 radical (unpaired) electrons. The summed E-state index contributed by atoms with van der Waals surface area (Å²) < 4.78 is 1.40. The molecule has 1 N–H and O–H groups in total. The van der Waals surface area contributed by atoms with E-state index in [1.165, 1.54) is 4.68 Å². The van der Waals surface area contributed by atoms with Gasteiger partial charge in [0.15, 0.2) is 0 Å². The third-order valence-corrected chi connectivity index (χ3v) is 4.11. The molecule has 0 aromatic carbocycles. The largest absolute Gasteiger partial charge is 0.377 e. The lowest BCUT2D eigenvalue weighted by Gasteiger charge is -2.11. The Morgan fingerprint density at radius 3 is 2.85 bits per heavy atom. The Bertz CT molecular complexity index is 650. The third-order valence-electron chi connectivity index (χ3n) is 2.81. The molecule has 0 saturated heterocycles. The van der Waals surface area contributed by atoms with Gasteiger partial charge in [-0.1, -0.05) is 25.4 Å². The molecule has 7 heteroatoms. The molecule has 2 heterocycles. The summed E-state index contributed by atoms with van der Waals surface area (Å²) in [4.78, 5) is 17.4. The highest BCUT2D eigenvalue weighted by atomic mass is 35.5. The van der Waals surface area contributed by atoms with Crippen molar-refractivity contribution in [3.8, 4) is 0 Å². The lowest BCUT2D eigenvalue weighted by Crippen LogP contribution is -2.26. The Morgan fingerprint density at radius 2 is 2.25 bits per heavy atom. The summed E-state index contributed by atoms with van der Waals surface area (Å²) in [7, 11) is 0. The van der Waals surface area contributed by atoms with Crippen molar-refractivity contribution < 1.29 is 0 Å². The van der Waals surface area contributed by atoms with Crippen molar-refractivity contribution >= 4 is 28.6 Å². The van der Waals surface area contributed by atoms with E-state index in [1.807, 2.05) is 20.8 Å². The van der Waals surface area contributed by atoms with E-state index in [4.69, 9.17) is 11.6 Å². The average Bonchev–Trinajstić information content (AvgIpc) is 2.79. The molecule has 108 valence electrons. The number of nitrogens with one attached hydrogen (secondary N) is 1. The molecule has 2 aromatic rings. The van der Waals surface area contributed by atoms with Crippen LogP contribution in [0.4, 0.5) is 5.69 Å². The maximum Gasteiger partial charge on any atom is 0.287 e. The van der Waals surface area contributed by atoms with Crippen LogP contribution in [0.25, 0.3) is 0 Å². The van der Waals surface area contributed by atoms with Gasteiger partial charge in [-0.3, -0.25) is 4.79 Å². The summed E-state index contributed by atoms with van der Waals surface area (Å²) in [6.45, 7) is 7.16. The monoisotopic (exact) mass is 312 g/mol. The number of halogens is 1. The minimum absolute atomic E-state index is 0.183. The second-order valence-corrected chi connectivity index (χ2v) is 6.29. The summed E-state index contributed by atoms with van der Waals surface area (Å²) in [5.41, 5.74) is 3.09. The van der Waals surface area contributed by atoms with E-state index < -0.39 is 0 Å². The smallest absolute Gasteiger partial charge is 0.287 e. The van der Waals surface area contributed by atoms with E-state index in [0.29, 0.717) is 24.7 Å². The van der Waals surface area contributed by atoms with Crippen molar-refractivity contribution in [2.75, 3.05) is 5.32 Å². The maximum atomic E-state index is 12.1. The van der Waals surface area contributed by atoms with Crippen molar-refractivity contribution in [2.24, 2.45) is 5.92 Å². The first kappa shape index (κ1) is 15.0. The molecule has 0 atom stereocenters. The van der Waals surface area contributed by atoms with Gasteiger partial charge in [0.2, 0.25) is 0 Å². The molecule has 0 unspecified atom stereocenters. The van der Waals surface area contributed by atoms with Crippen molar-refractivity contribution in [2.45, 2.75) is 33.9 Å². The van der Waals surface area contributed by atoms with E-state index in [9.17, 15) is 4.79 Å². The van der Waals surface area contributed by atoms with Crippen LogP contribution in [0.3, 0.4) is 0 Å². The number of thiazole rings is 1. The fourth-order valence-corrected chi connectivity index (χ4v) is 2.67. The molecular weight excluding hydrogens is 296 g/mol. The lowest BCUT2D eigenvalue weighted by molar-refractivity contribution is 0.464. The highest BCUT2D eigenvalue weighted by Gasteiger charge is 2.10. The van der Waals surface area contributed by atoms with Crippen LogP contribution in [0.2, 0.25) is 5.02 Å². The van der Waals surface area contributed by atoms with Crippen molar-refractivity contribution in [1.29, 1.82) is 0 Å². The minimum atomic E-state index is -0.258. The van der Waals surface area contributed by atoms with E-state index in [-0.39, 0.29) is 10.6 Å². The zero-order valence-electron chi connectivity index (χ0n) is 11.7. The molecule has 0 fully saturated rings. The molecule has 2 aromatic heterocycles. The Morgan fingerprint density at radius 1 is 1.50 bits per heavy atom. The number of aryl methyl sites for hydroxylation is 1. The number of rotatable bonds is 5. The topological polar surface area (TPSA) is 59.8 Å². The summed E-state index contributed by atoms with van der Waals surface area (Å²) in [6.07, 6.45) is 1.60. The molecule has 5 nitrogen and oxygen atoms in total. The summed E-state index contributed by atoms with van der Waals surface area (Å²) >= 11 is 7.68. The Hall–Kier alpha value is -1.40. The molecular formula is C13H17ClN4OS. The van der Waals surface area contributed by atoms with Gasteiger partial charge in [0.1, 0.15) is 5.02 Å². The molecule has 0 aliphatic rings. The van der Waals surface area contributed by atoms with Gasteiger partial charge >= 0.3 is 0 Å². The number of nitrogens with zero attached hydrogens (tertiary/aromatic N) is 3. The highest BCUT2D eigenvalue weighted by Crippen LogP contribution is 2.19. The van der Waals surface area contributed by atoms with Crippen LogP contribution in [-0.2, 0) is 13.1 Å². The van der Waals surface area contributed by atoms with Gasteiger partial charge in [-0.2, -0.15) is 5.10 Å². The van der Waals surface area contributed by atoms with Gasteiger partial charge < -0.3 is 5.32 Å². The normalized spacial score (nSPS) is 11.1. The number of anilines is 1.